The average molecular weight is 223 g/mol. The zero-order chi connectivity index (χ0) is 10.8. The number of hydrogen-bond acceptors (Lipinski definition) is 5. The molecule has 0 aromatic carbocycles. The molecule has 0 amide bonds. The second-order valence-corrected chi connectivity index (χ2v) is 4.20. The van der Waals surface area contributed by atoms with Crippen LogP contribution in [-0.2, 0) is 13.6 Å². The molecule has 0 aliphatic heterocycles. The Morgan fingerprint density at radius 2 is 2.27 bits per heavy atom. The van der Waals surface area contributed by atoms with Crippen LogP contribution in [0.4, 0.5) is 5.13 Å². The van der Waals surface area contributed by atoms with Gasteiger partial charge in [-0.3, -0.25) is 4.68 Å². The molecule has 0 aliphatic rings. The summed E-state index contributed by atoms with van der Waals surface area (Å²) >= 11 is 1.50. The van der Waals surface area contributed by atoms with E-state index in [-0.39, 0.29) is 0 Å². The van der Waals surface area contributed by atoms with Crippen LogP contribution in [0, 0.1) is 13.8 Å². The fraction of sp³-hybridized carbons (Fsp3) is 0.444. The van der Waals surface area contributed by atoms with Gasteiger partial charge in [-0.05, 0) is 13.8 Å². The molecule has 2 aromatic rings. The van der Waals surface area contributed by atoms with Gasteiger partial charge in [-0.1, -0.05) is 11.3 Å². The van der Waals surface area contributed by atoms with Crippen molar-refractivity contribution in [1.82, 2.24) is 20.0 Å². The standard InChI is InChI=1S/C9H13N5S/c1-6-8(7(2)14(3)13-6)4-10-9-12-11-5-15-9/h5H,4H2,1-3H3,(H,10,12). The van der Waals surface area contributed by atoms with Crippen LogP contribution >= 0.6 is 11.3 Å². The van der Waals surface area contributed by atoms with E-state index in [0.717, 1.165) is 17.4 Å². The summed E-state index contributed by atoms with van der Waals surface area (Å²) in [5, 5.41) is 16.1. The van der Waals surface area contributed by atoms with E-state index in [1.54, 1.807) is 5.51 Å². The fourth-order valence-electron chi connectivity index (χ4n) is 1.49. The molecule has 5 nitrogen and oxygen atoms in total. The molecule has 80 valence electrons. The minimum Gasteiger partial charge on any atom is -0.356 e. The average Bonchev–Trinajstić information content (AvgIpc) is 2.76. The Morgan fingerprint density at radius 1 is 1.47 bits per heavy atom. The van der Waals surface area contributed by atoms with Crippen molar-refractivity contribution in [2.45, 2.75) is 20.4 Å². The second-order valence-electron chi connectivity index (χ2n) is 3.37. The summed E-state index contributed by atoms with van der Waals surface area (Å²) in [5.74, 6) is 0. The topological polar surface area (TPSA) is 55.6 Å². The maximum Gasteiger partial charge on any atom is 0.205 e. The van der Waals surface area contributed by atoms with E-state index in [1.807, 2.05) is 18.7 Å². The molecular formula is C9H13N5S. The Kier molecular flexibility index (Phi) is 2.68. The number of anilines is 1. The van der Waals surface area contributed by atoms with Crippen LogP contribution in [0.2, 0.25) is 0 Å². The minimum atomic E-state index is 0.751. The third-order valence-electron chi connectivity index (χ3n) is 2.44. The molecule has 0 spiro atoms. The van der Waals surface area contributed by atoms with Gasteiger partial charge < -0.3 is 5.32 Å². The van der Waals surface area contributed by atoms with E-state index < -0.39 is 0 Å². The predicted molar refractivity (Wildman–Crippen MR) is 59.9 cm³/mol. The first kappa shape index (κ1) is 10.1. The van der Waals surface area contributed by atoms with Crippen LogP contribution in [0.1, 0.15) is 17.0 Å². The molecule has 0 saturated heterocycles. The Morgan fingerprint density at radius 3 is 2.80 bits per heavy atom. The van der Waals surface area contributed by atoms with E-state index in [1.165, 1.54) is 22.6 Å². The van der Waals surface area contributed by atoms with Gasteiger partial charge in [0, 0.05) is 24.8 Å². The molecule has 0 atom stereocenters. The first-order valence-corrected chi connectivity index (χ1v) is 5.55. The molecule has 0 unspecified atom stereocenters. The lowest BCUT2D eigenvalue weighted by molar-refractivity contribution is 0.730. The lowest BCUT2D eigenvalue weighted by Crippen LogP contribution is -2.02. The van der Waals surface area contributed by atoms with Crippen molar-refractivity contribution in [3.63, 3.8) is 0 Å². The highest BCUT2D eigenvalue weighted by molar-refractivity contribution is 7.13. The molecule has 2 rings (SSSR count). The molecular weight excluding hydrogens is 210 g/mol. The van der Waals surface area contributed by atoms with Gasteiger partial charge in [0.2, 0.25) is 5.13 Å². The van der Waals surface area contributed by atoms with E-state index in [0.29, 0.717) is 0 Å². The van der Waals surface area contributed by atoms with Gasteiger partial charge in [-0.15, -0.1) is 10.2 Å². The first-order chi connectivity index (χ1) is 7.18. The van der Waals surface area contributed by atoms with Crippen LogP contribution in [0.5, 0.6) is 0 Å². The van der Waals surface area contributed by atoms with Gasteiger partial charge >= 0.3 is 0 Å². The Bertz CT molecular complexity index is 445. The van der Waals surface area contributed by atoms with Crippen LogP contribution in [0.15, 0.2) is 5.51 Å². The summed E-state index contributed by atoms with van der Waals surface area (Å²) < 4.78 is 1.90. The second kappa shape index (κ2) is 3.98. The summed E-state index contributed by atoms with van der Waals surface area (Å²) in [5.41, 5.74) is 5.19. The summed E-state index contributed by atoms with van der Waals surface area (Å²) in [6.07, 6.45) is 0. The highest BCUT2D eigenvalue weighted by Gasteiger charge is 2.09. The summed E-state index contributed by atoms with van der Waals surface area (Å²) in [4.78, 5) is 0. The number of nitrogens with one attached hydrogen (secondary N) is 1. The van der Waals surface area contributed by atoms with Gasteiger partial charge in [0.25, 0.3) is 0 Å². The zero-order valence-electron chi connectivity index (χ0n) is 8.98. The van der Waals surface area contributed by atoms with E-state index in [2.05, 4.69) is 27.5 Å². The highest BCUT2D eigenvalue weighted by atomic mass is 32.1. The predicted octanol–water partition coefficient (Wildman–Crippen LogP) is 1.50. The zero-order valence-corrected chi connectivity index (χ0v) is 9.80. The van der Waals surface area contributed by atoms with Crippen molar-refractivity contribution in [2.24, 2.45) is 7.05 Å². The summed E-state index contributed by atoms with van der Waals surface area (Å²) in [7, 11) is 1.96. The molecule has 15 heavy (non-hydrogen) atoms. The fourth-order valence-corrected chi connectivity index (χ4v) is 1.93. The van der Waals surface area contributed by atoms with E-state index in [4.69, 9.17) is 0 Å². The van der Waals surface area contributed by atoms with Gasteiger partial charge in [0.15, 0.2) is 0 Å². The SMILES string of the molecule is Cc1nn(C)c(C)c1CNc1nncs1. The van der Waals surface area contributed by atoms with Crippen molar-refractivity contribution in [3.8, 4) is 0 Å². The van der Waals surface area contributed by atoms with Crippen LogP contribution < -0.4 is 5.32 Å². The molecule has 0 fully saturated rings. The number of nitrogens with zero attached hydrogens (tertiary/aromatic N) is 4. The Balaban J connectivity index is 2.11. The molecule has 0 radical (unpaired) electrons. The van der Waals surface area contributed by atoms with Crippen molar-refractivity contribution < 1.29 is 0 Å². The molecule has 0 aliphatic carbocycles. The largest absolute Gasteiger partial charge is 0.356 e. The van der Waals surface area contributed by atoms with Crippen molar-refractivity contribution in [1.29, 1.82) is 0 Å². The maximum absolute atomic E-state index is 4.35. The quantitative estimate of drug-likeness (QED) is 0.856. The summed E-state index contributed by atoms with van der Waals surface area (Å²) in [6, 6.07) is 0. The Labute approximate surface area is 92.2 Å². The van der Waals surface area contributed by atoms with E-state index >= 15 is 0 Å². The first-order valence-electron chi connectivity index (χ1n) is 4.67. The molecule has 1 N–H and O–H groups in total. The third-order valence-corrected chi connectivity index (χ3v) is 3.08. The normalized spacial score (nSPS) is 10.6. The lowest BCUT2D eigenvalue weighted by atomic mass is 10.2. The van der Waals surface area contributed by atoms with Gasteiger partial charge in [-0.25, -0.2) is 0 Å². The van der Waals surface area contributed by atoms with Crippen molar-refractivity contribution in [2.75, 3.05) is 5.32 Å². The molecule has 2 heterocycles. The highest BCUT2D eigenvalue weighted by Crippen LogP contribution is 2.15. The van der Waals surface area contributed by atoms with Crippen LogP contribution in [-0.4, -0.2) is 20.0 Å². The number of aromatic nitrogens is 4. The van der Waals surface area contributed by atoms with Crippen molar-refractivity contribution >= 4 is 16.5 Å². The number of aryl methyl sites for hydroxylation is 2. The molecule has 0 bridgehead atoms. The molecule has 0 saturated carbocycles. The van der Waals surface area contributed by atoms with E-state index in [9.17, 15) is 0 Å². The molecule has 2 aromatic heterocycles. The lowest BCUT2D eigenvalue weighted by Gasteiger charge is -2.02. The third kappa shape index (κ3) is 1.99. The minimum absolute atomic E-state index is 0.751. The van der Waals surface area contributed by atoms with Crippen molar-refractivity contribution in [3.05, 3.63) is 22.5 Å². The number of rotatable bonds is 3. The molecule has 6 heteroatoms. The maximum atomic E-state index is 4.35. The van der Waals surface area contributed by atoms with Gasteiger partial charge in [0.1, 0.15) is 5.51 Å². The monoisotopic (exact) mass is 223 g/mol. The summed E-state index contributed by atoms with van der Waals surface area (Å²) in [6.45, 7) is 4.84. The Hall–Kier alpha value is -1.43. The van der Waals surface area contributed by atoms with Crippen LogP contribution in [0.25, 0.3) is 0 Å². The van der Waals surface area contributed by atoms with Crippen LogP contribution in [0.3, 0.4) is 0 Å². The number of hydrogen-bond donors (Lipinski definition) is 1. The van der Waals surface area contributed by atoms with Gasteiger partial charge in [0.05, 0.1) is 5.69 Å². The smallest absolute Gasteiger partial charge is 0.205 e. The van der Waals surface area contributed by atoms with Gasteiger partial charge in [-0.2, -0.15) is 5.10 Å².